The van der Waals surface area contributed by atoms with Gasteiger partial charge < -0.3 is 20.1 Å². The van der Waals surface area contributed by atoms with E-state index in [1.54, 1.807) is 16.9 Å². The number of aromatic nitrogens is 3. The molecule has 1 aliphatic carbocycles. The second-order valence-corrected chi connectivity index (χ2v) is 9.13. The van der Waals surface area contributed by atoms with Gasteiger partial charge in [-0.15, -0.1) is 0 Å². The number of nitrogens with one attached hydrogen (secondary N) is 1. The van der Waals surface area contributed by atoms with Crippen molar-refractivity contribution >= 4 is 17.4 Å². The largest absolute Gasteiger partial charge is 0.628 e. The van der Waals surface area contributed by atoms with Crippen LogP contribution in [0.15, 0.2) is 42.1 Å². The van der Waals surface area contributed by atoms with Gasteiger partial charge in [0.1, 0.15) is 24.1 Å². The summed E-state index contributed by atoms with van der Waals surface area (Å²) >= 11 is 0. The topological polar surface area (TPSA) is 85.6 Å². The summed E-state index contributed by atoms with van der Waals surface area (Å²) in [5.41, 5.74) is 1.72. The summed E-state index contributed by atoms with van der Waals surface area (Å²) in [6, 6.07) is 1.90. The summed E-state index contributed by atoms with van der Waals surface area (Å²) < 4.78 is 14.9. The number of fused-ring (bicyclic) bond motifs is 1. The van der Waals surface area contributed by atoms with E-state index < -0.39 is 10.5 Å². The highest BCUT2D eigenvalue weighted by atomic mass is 19.1. The number of allylic oxidation sites excluding steroid dienone is 2. The fourth-order valence-corrected chi connectivity index (χ4v) is 4.74. The van der Waals surface area contributed by atoms with Crippen molar-refractivity contribution in [2.45, 2.75) is 44.7 Å². The summed E-state index contributed by atoms with van der Waals surface area (Å²) in [7, 11) is 1.45. The number of carbonyl (C=O) groups excluding carboxylic acids is 1. The first kappa shape index (κ1) is 20.1. The maximum Gasteiger partial charge on any atom is 0.256 e. The van der Waals surface area contributed by atoms with E-state index in [9.17, 15) is 14.4 Å². The number of hydroxylamine groups is 3. The van der Waals surface area contributed by atoms with Gasteiger partial charge in [0.2, 0.25) is 0 Å². The number of halogens is 1. The Bertz CT molecular complexity index is 1090. The van der Waals surface area contributed by atoms with E-state index in [1.807, 2.05) is 13.0 Å². The van der Waals surface area contributed by atoms with Crippen LogP contribution in [0.4, 0.5) is 10.2 Å². The molecule has 1 saturated carbocycles. The van der Waals surface area contributed by atoms with E-state index in [4.69, 9.17) is 4.98 Å². The molecule has 1 saturated heterocycles. The van der Waals surface area contributed by atoms with Gasteiger partial charge in [0, 0.05) is 24.4 Å². The van der Waals surface area contributed by atoms with Gasteiger partial charge in [0.25, 0.3) is 5.91 Å². The van der Waals surface area contributed by atoms with Gasteiger partial charge in [-0.05, 0) is 50.7 Å². The molecular weight excluding hydrogens is 399 g/mol. The highest BCUT2D eigenvalue weighted by Gasteiger charge is 2.34. The molecule has 3 aliphatic rings. The number of likely N-dealkylation sites (N-methyl/N-ethyl adjacent to an activating group) is 1. The van der Waals surface area contributed by atoms with Crippen molar-refractivity contribution in [2.24, 2.45) is 5.92 Å². The first-order valence-electron chi connectivity index (χ1n) is 10.9. The molecule has 9 heteroatoms. The van der Waals surface area contributed by atoms with Crippen LogP contribution in [0.2, 0.25) is 0 Å². The number of hydrogen-bond donors (Lipinski definition) is 1. The lowest BCUT2D eigenvalue weighted by Crippen LogP contribution is -2.42. The molecule has 164 valence electrons. The molecule has 2 unspecified atom stereocenters. The van der Waals surface area contributed by atoms with Crippen LogP contribution in [-0.4, -0.2) is 57.4 Å². The molecule has 0 aromatic carbocycles. The molecule has 1 N–H and O–H groups in total. The molecule has 0 radical (unpaired) electrons. The number of anilines is 1. The second kappa shape index (κ2) is 7.42. The summed E-state index contributed by atoms with van der Waals surface area (Å²) in [6.45, 7) is 3.01. The lowest BCUT2D eigenvalue weighted by molar-refractivity contribution is -0.804. The molecule has 2 fully saturated rings. The molecule has 4 heterocycles. The first-order valence-corrected chi connectivity index (χ1v) is 10.9. The average Bonchev–Trinajstić information content (AvgIpc) is 3.29. The number of carbonyl (C=O) groups is 1. The van der Waals surface area contributed by atoms with Crippen LogP contribution in [0, 0.1) is 11.1 Å². The fourth-order valence-electron chi connectivity index (χ4n) is 4.74. The van der Waals surface area contributed by atoms with Crippen molar-refractivity contribution in [2.75, 3.05) is 25.0 Å². The maximum absolute atomic E-state index is 14.1. The Kier molecular flexibility index (Phi) is 4.82. The lowest BCUT2D eigenvalue weighted by atomic mass is 10.0. The average molecular weight is 426 g/mol. The highest BCUT2D eigenvalue weighted by Crippen LogP contribution is 2.34. The van der Waals surface area contributed by atoms with Gasteiger partial charge in [0.05, 0.1) is 19.3 Å². The Morgan fingerprint density at radius 3 is 2.94 bits per heavy atom. The Morgan fingerprint density at radius 1 is 1.39 bits per heavy atom. The van der Waals surface area contributed by atoms with Crippen LogP contribution in [0.5, 0.6) is 0 Å². The monoisotopic (exact) mass is 426 g/mol. The Labute approximate surface area is 180 Å². The minimum absolute atomic E-state index is 0.0871. The molecule has 3 atom stereocenters. The van der Waals surface area contributed by atoms with Crippen LogP contribution < -0.4 is 10.2 Å². The maximum atomic E-state index is 14.1. The zero-order chi connectivity index (χ0) is 21.8. The quantitative estimate of drug-likeness (QED) is 0.587. The first-order chi connectivity index (χ1) is 14.8. The predicted molar refractivity (Wildman–Crippen MR) is 115 cm³/mol. The third-order valence-corrected chi connectivity index (χ3v) is 6.48. The third kappa shape index (κ3) is 3.95. The zero-order valence-electron chi connectivity index (χ0n) is 17.8. The Morgan fingerprint density at radius 2 is 2.19 bits per heavy atom. The minimum atomic E-state index is -0.749. The Hall–Kier alpha value is -2.78. The molecule has 5 rings (SSSR count). The third-order valence-electron chi connectivity index (χ3n) is 6.48. The summed E-state index contributed by atoms with van der Waals surface area (Å²) in [6.07, 6.45) is 9.98. The molecular formula is C22H27FN6O2. The van der Waals surface area contributed by atoms with Gasteiger partial charge >= 0.3 is 0 Å². The van der Waals surface area contributed by atoms with Crippen molar-refractivity contribution in [3.8, 4) is 0 Å². The standard InChI is InChI=1S/C22H27FN6O2/c1-14(15-5-6-15)25-22(30)18-11-24-28-9-7-20(26-21(18)28)27-8-3-4-19(27)16-10-17(23)13-29(2,31)12-16/h7,9-11,13-15,19H,3-6,8,12H2,1-2H3,(H,25,30)/t14-,19?,29?/m0/s1. The van der Waals surface area contributed by atoms with Gasteiger partial charge in [-0.25, -0.2) is 13.9 Å². The number of amides is 1. The predicted octanol–water partition coefficient (Wildman–Crippen LogP) is 2.92. The van der Waals surface area contributed by atoms with Crippen molar-refractivity contribution in [3.05, 3.63) is 52.9 Å². The van der Waals surface area contributed by atoms with Crippen molar-refractivity contribution in [1.29, 1.82) is 0 Å². The van der Waals surface area contributed by atoms with E-state index in [0.717, 1.165) is 44.0 Å². The fraction of sp³-hybridized carbons (Fsp3) is 0.500. The molecule has 8 nitrogen and oxygen atoms in total. The smallest absolute Gasteiger partial charge is 0.256 e. The summed E-state index contributed by atoms with van der Waals surface area (Å²) in [5.74, 6) is 0.603. The second-order valence-electron chi connectivity index (χ2n) is 9.13. The van der Waals surface area contributed by atoms with E-state index in [0.29, 0.717) is 22.9 Å². The van der Waals surface area contributed by atoms with E-state index in [2.05, 4.69) is 15.3 Å². The van der Waals surface area contributed by atoms with Crippen LogP contribution >= 0.6 is 0 Å². The Balaban J connectivity index is 1.43. The number of quaternary nitrogens is 1. The number of rotatable bonds is 5. The lowest BCUT2D eigenvalue weighted by Gasteiger charge is -2.40. The van der Waals surface area contributed by atoms with E-state index in [1.165, 1.54) is 13.1 Å². The molecule has 0 bridgehead atoms. The van der Waals surface area contributed by atoms with Gasteiger partial charge in [-0.2, -0.15) is 5.10 Å². The molecule has 1 amide bonds. The van der Waals surface area contributed by atoms with Crippen molar-refractivity contribution in [3.63, 3.8) is 0 Å². The number of nitrogens with zero attached hydrogens (tertiary/aromatic N) is 5. The SMILES string of the molecule is C[C@H](NC(=O)c1cnn2ccc(N3CCCC3C3=CC(F)=C[N+](C)([O-])C3)nc12)C1CC1. The van der Waals surface area contributed by atoms with Gasteiger partial charge in [-0.1, -0.05) is 0 Å². The minimum Gasteiger partial charge on any atom is -0.628 e. The van der Waals surface area contributed by atoms with Gasteiger partial charge in [-0.3, -0.25) is 4.79 Å². The zero-order valence-corrected chi connectivity index (χ0v) is 17.8. The van der Waals surface area contributed by atoms with E-state index >= 15 is 0 Å². The van der Waals surface area contributed by atoms with Crippen molar-refractivity contribution < 1.29 is 13.8 Å². The van der Waals surface area contributed by atoms with Crippen LogP contribution in [0.1, 0.15) is 43.0 Å². The summed E-state index contributed by atoms with van der Waals surface area (Å²) in [4.78, 5) is 19.7. The van der Waals surface area contributed by atoms with Crippen LogP contribution in [0.3, 0.4) is 0 Å². The highest BCUT2D eigenvalue weighted by molar-refractivity contribution is 6.00. The molecule has 2 aliphatic heterocycles. The van der Waals surface area contributed by atoms with Crippen LogP contribution in [-0.2, 0) is 0 Å². The van der Waals surface area contributed by atoms with E-state index in [-0.39, 0.29) is 24.5 Å². The molecule has 2 aromatic heterocycles. The number of hydrogen-bond acceptors (Lipinski definition) is 5. The van der Waals surface area contributed by atoms with Crippen molar-refractivity contribution in [1.82, 2.24) is 19.9 Å². The molecule has 2 aromatic rings. The summed E-state index contributed by atoms with van der Waals surface area (Å²) in [5, 5.41) is 19.8. The normalized spacial score (nSPS) is 27.2. The van der Waals surface area contributed by atoms with Crippen LogP contribution in [0.25, 0.3) is 5.65 Å². The molecule has 0 spiro atoms. The molecule has 31 heavy (non-hydrogen) atoms. The van der Waals surface area contributed by atoms with Gasteiger partial charge in [0.15, 0.2) is 11.5 Å².